The maximum atomic E-state index is 13.9. The third-order valence-corrected chi connectivity index (χ3v) is 6.15. The maximum absolute atomic E-state index is 13.9. The summed E-state index contributed by atoms with van der Waals surface area (Å²) in [5, 5.41) is 0. The van der Waals surface area contributed by atoms with E-state index in [9.17, 15) is 4.39 Å². The Balaban J connectivity index is 1.56. The molecule has 0 heterocycles. The first-order valence-corrected chi connectivity index (χ1v) is 9.00. The zero-order chi connectivity index (χ0) is 15.5. The SMILES string of the molecule is COc1ccc(C2CCC(C3CCC(C)CC3)CC2)cc1F. The molecule has 1 nitrogen and oxygen atoms in total. The fourth-order valence-electron chi connectivity index (χ4n) is 4.62. The Bertz CT molecular complexity index is 482. The monoisotopic (exact) mass is 304 g/mol. The van der Waals surface area contributed by atoms with Gasteiger partial charge in [0.15, 0.2) is 11.6 Å². The van der Waals surface area contributed by atoms with Crippen LogP contribution < -0.4 is 4.74 Å². The first-order chi connectivity index (χ1) is 10.7. The minimum absolute atomic E-state index is 0.219. The zero-order valence-corrected chi connectivity index (χ0v) is 14.0. The number of hydrogen-bond donors (Lipinski definition) is 0. The van der Waals surface area contributed by atoms with E-state index in [1.165, 1.54) is 58.5 Å². The molecule has 0 N–H and O–H groups in total. The second-order valence-corrected chi connectivity index (χ2v) is 7.53. The average molecular weight is 304 g/mol. The minimum atomic E-state index is -0.219. The van der Waals surface area contributed by atoms with Gasteiger partial charge >= 0.3 is 0 Å². The zero-order valence-electron chi connectivity index (χ0n) is 14.0. The number of halogens is 1. The van der Waals surface area contributed by atoms with E-state index in [1.54, 1.807) is 12.1 Å². The molecule has 0 bridgehead atoms. The molecule has 0 atom stereocenters. The van der Waals surface area contributed by atoms with Crippen LogP contribution in [0.3, 0.4) is 0 Å². The molecule has 2 heteroatoms. The molecule has 2 aliphatic rings. The van der Waals surface area contributed by atoms with Gasteiger partial charge in [-0.1, -0.05) is 25.8 Å². The molecule has 0 unspecified atom stereocenters. The lowest BCUT2D eigenvalue weighted by Crippen LogP contribution is -2.24. The Morgan fingerprint density at radius 1 is 0.909 bits per heavy atom. The van der Waals surface area contributed by atoms with Crippen LogP contribution in [0.25, 0.3) is 0 Å². The second-order valence-electron chi connectivity index (χ2n) is 7.53. The summed E-state index contributed by atoms with van der Waals surface area (Å²) in [6.07, 6.45) is 10.8. The van der Waals surface area contributed by atoms with Crippen molar-refractivity contribution in [1.29, 1.82) is 0 Å². The number of methoxy groups -OCH3 is 1. The Morgan fingerprint density at radius 2 is 1.50 bits per heavy atom. The number of hydrogen-bond acceptors (Lipinski definition) is 1. The van der Waals surface area contributed by atoms with Gasteiger partial charge in [-0.3, -0.25) is 0 Å². The molecule has 0 radical (unpaired) electrons. The number of benzene rings is 1. The highest BCUT2D eigenvalue weighted by Gasteiger charge is 2.30. The molecule has 0 spiro atoms. The van der Waals surface area contributed by atoms with Crippen molar-refractivity contribution in [2.75, 3.05) is 7.11 Å². The molecular weight excluding hydrogens is 275 g/mol. The molecule has 1 aromatic rings. The molecule has 122 valence electrons. The predicted molar refractivity (Wildman–Crippen MR) is 88.8 cm³/mol. The van der Waals surface area contributed by atoms with Crippen molar-refractivity contribution in [3.05, 3.63) is 29.6 Å². The van der Waals surface area contributed by atoms with Gasteiger partial charge < -0.3 is 4.74 Å². The van der Waals surface area contributed by atoms with Gasteiger partial charge in [-0.2, -0.15) is 0 Å². The van der Waals surface area contributed by atoms with Gasteiger partial charge in [-0.05, 0) is 79.9 Å². The largest absolute Gasteiger partial charge is 0.494 e. The van der Waals surface area contributed by atoms with Crippen molar-refractivity contribution in [2.24, 2.45) is 17.8 Å². The minimum Gasteiger partial charge on any atom is -0.494 e. The van der Waals surface area contributed by atoms with Crippen LogP contribution in [-0.2, 0) is 0 Å². The van der Waals surface area contributed by atoms with Crippen LogP contribution in [0.1, 0.15) is 69.8 Å². The summed E-state index contributed by atoms with van der Waals surface area (Å²) in [7, 11) is 1.52. The lowest BCUT2D eigenvalue weighted by atomic mass is 9.68. The smallest absolute Gasteiger partial charge is 0.165 e. The van der Waals surface area contributed by atoms with Crippen LogP contribution in [0.15, 0.2) is 18.2 Å². The second kappa shape index (κ2) is 7.02. The molecule has 2 fully saturated rings. The highest BCUT2D eigenvalue weighted by Crippen LogP contribution is 2.44. The summed E-state index contributed by atoms with van der Waals surface area (Å²) in [6, 6.07) is 5.51. The van der Waals surface area contributed by atoms with Crippen molar-refractivity contribution in [3.63, 3.8) is 0 Å². The molecule has 0 saturated heterocycles. The van der Waals surface area contributed by atoms with Gasteiger partial charge in [0.1, 0.15) is 0 Å². The summed E-state index contributed by atoms with van der Waals surface area (Å²) in [4.78, 5) is 0. The van der Waals surface area contributed by atoms with Crippen molar-refractivity contribution in [3.8, 4) is 5.75 Å². The van der Waals surface area contributed by atoms with Gasteiger partial charge in [-0.25, -0.2) is 4.39 Å². The average Bonchev–Trinajstić information content (AvgIpc) is 2.56. The summed E-state index contributed by atoms with van der Waals surface area (Å²) in [5.41, 5.74) is 1.16. The van der Waals surface area contributed by atoms with Crippen LogP contribution in [0, 0.1) is 23.6 Å². The topological polar surface area (TPSA) is 9.23 Å². The van der Waals surface area contributed by atoms with E-state index >= 15 is 0 Å². The Morgan fingerprint density at radius 3 is 2.05 bits per heavy atom. The predicted octanol–water partition coefficient (Wildman–Crippen LogP) is 5.93. The van der Waals surface area contributed by atoms with E-state index in [-0.39, 0.29) is 5.82 Å². The number of ether oxygens (including phenoxy) is 1. The molecule has 2 saturated carbocycles. The fraction of sp³-hybridized carbons (Fsp3) is 0.700. The Kier molecular flexibility index (Phi) is 5.05. The van der Waals surface area contributed by atoms with Crippen LogP contribution in [-0.4, -0.2) is 7.11 Å². The molecule has 2 aliphatic carbocycles. The van der Waals surface area contributed by atoms with E-state index in [2.05, 4.69) is 13.0 Å². The van der Waals surface area contributed by atoms with Gasteiger partial charge in [0, 0.05) is 0 Å². The molecule has 0 amide bonds. The lowest BCUT2D eigenvalue weighted by molar-refractivity contribution is 0.165. The molecule has 3 rings (SSSR count). The molecule has 1 aromatic carbocycles. The number of rotatable bonds is 3. The lowest BCUT2D eigenvalue weighted by Gasteiger charge is -2.37. The molecular formula is C20H29FO. The van der Waals surface area contributed by atoms with Crippen LogP contribution in [0.2, 0.25) is 0 Å². The van der Waals surface area contributed by atoms with E-state index in [1.807, 2.05) is 0 Å². The van der Waals surface area contributed by atoms with E-state index in [0.29, 0.717) is 11.7 Å². The van der Waals surface area contributed by atoms with Crippen molar-refractivity contribution in [2.45, 2.75) is 64.2 Å². The summed E-state index contributed by atoms with van der Waals surface area (Å²) in [6.45, 7) is 2.39. The van der Waals surface area contributed by atoms with Crippen molar-refractivity contribution >= 4 is 0 Å². The molecule has 22 heavy (non-hydrogen) atoms. The van der Waals surface area contributed by atoms with Crippen LogP contribution in [0.5, 0.6) is 5.75 Å². The Hall–Kier alpha value is -1.05. The third kappa shape index (κ3) is 3.47. The van der Waals surface area contributed by atoms with Crippen LogP contribution in [0.4, 0.5) is 4.39 Å². The molecule has 0 aliphatic heterocycles. The quantitative estimate of drug-likeness (QED) is 0.672. The molecule has 0 aromatic heterocycles. The first-order valence-electron chi connectivity index (χ1n) is 9.00. The van der Waals surface area contributed by atoms with Gasteiger partial charge in [0.05, 0.1) is 7.11 Å². The van der Waals surface area contributed by atoms with Crippen molar-refractivity contribution < 1.29 is 9.13 Å². The van der Waals surface area contributed by atoms with Crippen LogP contribution >= 0.6 is 0 Å². The summed E-state index contributed by atoms with van der Waals surface area (Å²) in [5.74, 6) is 3.50. The van der Waals surface area contributed by atoms with Gasteiger partial charge in [0.2, 0.25) is 0 Å². The maximum Gasteiger partial charge on any atom is 0.165 e. The summed E-state index contributed by atoms with van der Waals surface area (Å²) < 4.78 is 18.9. The Labute approximate surface area is 134 Å². The normalized spacial score (nSPS) is 32.7. The highest BCUT2D eigenvalue weighted by atomic mass is 19.1. The van der Waals surface area contributed by atoms with Crippen molar-refractivity contribution in [1.82, 2.24) is 0 Å². The van der Waals surface area contributed by atoms with E-state index in [0.717, 1.165) is 23.3 Å². The van der Waals surface area contributed by atoms with Gasteiger partial charge in [-0.15, -0.1) is 0 Å². The standard InChI is InChI=1S/C20H29FO/c1-14-3-5-15(6-4-14)16-7-9-17(10-8-16)18-11-12-20(22-2)19(21)13-18/h11-17H,3-10H2,1-2H3. The highest BCUT2D eigenvalue weighted by molar-refractivity contribution is 5.31. The van der Waals surface area contributed by atoms with E-state index in [4.69, 9.17) is 4.74 Å². The fourth-order valence-corrected chi connectivity index (χ4v) is 4.62. The van der Waals surface area contributed by atoms with E-state index < -0.39 is 0 Å². The third-order valence-electron chi connectivity index (χ3n) is 6.15. The summed E-state index contributed by atoms with van der Waals surface area (Å²) >= 11 is 0. The van der Waals surface area contributed by atoms with Gasteiger partial charge in [0.25, 0.3) is 0 Å². The first kappa shape index (κ1) is 15.8.